The van der Waals surface area contributed by atoms with Gasteiger partial charge in [-0.15, -0.1) is 11.3 Å². The second-order valence-corrected chi connectivity index (χ2v) is 6.71. The molecule has 102 valence electrons. The van der Waals surface area contributed by atoms with E-state index in [1.54, 1.807) is 5.38 Å². The molecule has 2 rings (SSSR count). The van der Waals surface area contributed by atoms with Gasteiger partial charge in [0.1, 0.15) is 10.7 Å². The van der Waals surface area contributed by atoms with E-state index in [0.717, 1.165) is 6.07 Å². The summed E-state index contributed by atoms with van der Waals surface area (Å²) in [5.74, 6) is -0.689. The lowest BCUT2D eigenvalue weighted by Gasteiger charge is -2.08. The Kier molecular flexibility index (Phi) is 4.10. The van der Waals surface area contributed by atoms with Crippen LogP contribution in [0.25, 0.3) is 0 Å². The fourth-order valence-electron chi connectivity index (χ4n) is 1.49. The van der Waals surface area contributed by atoms with Crippen molar-refractivity contribution in [3.63, 3.8) is 0 Å². The molecule has 1 heterocycles. The van der Waals surface area contributed by atoms with E-state index in [2.05, 4.69) is 4.72 Å². The van der Waals surface area contributed by atoms with Gasteiger partial charge in [0.05, 0.1) is 10.7 Å². The molecule has 0 atom stereocenters. The summed E-state index contributed by atoms with van der Waals surface area (Å²) >= 11 is 6.79. The lowest BCUT2D eigenvalue weighted by molar-refractivity contribution is 0.600. The van der Waals surface area contributed by atoms with Gasteiger partial charge in [0.2, 0.25) is 0 Å². The van der Waals surface area contributed by atoms with Crippen molar-refractivity contribution in [3.05, 3.63) is 45.4 Å². The molecule has 0 fully saturated rings. The van der Waals surface area contributed by atoms with Crippen molar-refractivity contribution in [2.45, 2.75) is 11.4 Å². The van der Waals surface area contributed by atoms with Crippen LogP contribution in [0.2, 0.25) is 5.02 Å². The zero-order chi connectivity index (χ0) is 14.0. The third-order valence-corrected chi connectivity index (χ3v) is 5.20. The molecule has 0 spiro atoms. The number of anilines is 1. The number of hydrogen-bond donors (Lipinski definition) is 2. The zero-order valence-electron chi connectivity index (χ0n) is 9.56. The number of benzene rings is 1. The summed E-state index contributed by atoms with van der Waals surface area (Å²) in [5.41, 5.74) is 5.58. The van der Waals surface area contributed by atoms with E-state index < -0.39 is 15.8 Å². The third kappa shape index (κ3) is 3.06. The van der Waals surface area contributed by atoms with Crippen molar-refractivity contribution in [3.8, 4) is 0 Å². The molecule has 0 saturated heterocycles. The standard InChI is InChI=1S/C11H10ClFN2O2S2/c12-8-2-1-7(5-9(8)13)15-19(16,17)11-3-4-18-10(11)6-14/h1-5,15H,6,14H2. The van der Waals surface area contributed by atoms with Crippen molar-refractivity contribution >= 4 is 38.6 Å². The van der Waals surface area contributed by atoms with E-state index in [-0.39, 0.29) is 22.2 Å². The zero-order valence-corrected chi connectivity index (χ0v) is 11.9. The fourth-order valence-corrected chi connectivity index (χ4v) is 3.99. The Hall–Kier alpha value is -1.15. The van der Waals surface area contributed by atoms with Gasteiger partial charge < -0.3 is 5.73 Å². The number of halogens is 2. The molecule has 0 radical (unpaired) electrons. The molecule has 0 aliphatic carbocycles. The highest BCUT2D eigenvalue weighted by Gasteiger charge is 2.19. The Morgan fingerprint density at radius 1 is 1.37 bits per heavy atom. The molecule has 0 unspecified atom stereocenters. The van der Waals surface area contributed by atoms with Crippen LogP contribution < -0.4 is 10.5 Å². The van der Waals surface area contributed by atoms with Crippen LogP contribution in [-0.4, -0.2) is 8.42 Å². The van der Waals surface area contributed by atoms with Gasteiger partial charge in [0.15, 0.2) is 0 Å². The predicted octanol–water partition coefficient (Wildman–Crippen LogP) is 2.80. The molecule has 1 aromatic carbocycles. The van der Waals surface area contributed by atoms with Crippen LogP contribution in [0.4, 0.5) is 10.1 Å². The SMILES string of the molecule is NCc1sccc1S(=O)(=O)Nc1ccc(Cl)c(F)c1. The molecule has 19 heavy (non-hydrogen) atoms. The maximum Gasteiger partial charge on any atom is 0.263 e. The van der Waals surface area contributed by atoms with Gasteiger partial charge in [-0.1, -0.05) is 11.6 Å². The van der Waals surface area contributed by atoms with E-state index in [1.807, 2.05) is 0 Å². The van der Waals surface area contributed by atoms with Crippen LogP contribution in [0.1, 0.15) is 4.88 Å². The van der Waals surface area contributed by atoms with Crippen molar-refractivity contribution in [2.24, 2.45) is 5.73 Å². The Labute approximate surface area is 119 Å². The minimum atomic E-state index is -3.77. The molecular weight excluding hydrogens is 311 g/mol. The minimum Gasteiger partial charge on any atom is -0.326 e. The summed E-state index contributed by atoms with van der Waals surface area (Å²) in [5, 5.41) is 1.57. The molecule has 0 bridgehead atoms. The van der Waals surface area contributed by atoms with E-state index in [4.69, 9.17) is 17.3 Å². The maximum absolute atomic E-state index is 13.3. The molecule has 0 aliphatic heterocycles. The molecule has 8 heteroatoms. The lowest BCUT2D eigenvalue weighted by Crippen LogP contribution is -2.14. The predicted molar refractivity (Wildman–Crippen MR) is 74.4 cm³/mol. The van der Waals surface area contributed by atoms with Gasteiger partial charge in [-0.3, -0.25) is 4.72 Å². The summed E-state index contributed by atoms with van der Waals surface area (Å²) in [7, 11) is -3.77. The van der Waals surface area contributed by atoms with E-state index in [9.17, 15) is 12.8 Å². The average Bonchev–Trinajstić information content (AvgIpc) is 2.82. The number of sulfonamides is 1. The maximum atomic E-state index is 13.3. The van der Waals surface area contributed by atoms with E-state index >= 15 is 0 Å². The highest BCUT2D eigenvalue weighted by atomic mass is 35.5. The summed E-state index contributed by atoms with van der Waals surface area (Å²) < 4.78 is 39.8. The van der Waals surface area contributed by atoms with Crippen LogP contribution >= 0.6 is 22.9 Å². The quantitative estimate of drug-likeness (QED) is 0.910. The van der Waals surface area contributed by atoms with Crippen molar-refractivity contribution in [1.82, 2.24) is 0 Å². The smallest absolute Gasteiger partial charge is 0.263 e. The molecule has 1 aromatic heterocycles. The summed E-state index contributed by atoms with van der Waals surface area (Å²) in [6.45, 7) is 0.128. The van der Waals surface area contributed by atoms with Crippen LogP contribution in [0, 0.1) is 5.82 Å². The summed E-state index contributed by atoms with van der Waals surface area (Å²) in [6, 6.07) is 5.15. The largest absolute Gasteiger partial charge is 0.326 e. The summed E-state index contributed by atoms with van der Waals surface area (Å²) in [4.78, 5) is 0.650. The van der Waals surface area contributed by atoms with Crippen molar-refractivity contribution in [1.29, 1.82) is 0 Å². The van der Waals surface area contributed by atoms with E-state index in [1.165, 1.54) is 29.5 Å². The number of nitrogens with two attached hydrogens (primary N) is 1. The highest BCUT2D eigenvalue weighted by molar-refractivity contribution is 7.93. The first kappa shape index (κ1) is 14.3. The molecule has 3 N–H and O–H groups in total. The first-order valence-electron chi connectivity index (χ1n) is 5.18. The average molecular weight is 321 g/mol. The summed E-state index contributed by atoms with van der Waals surface area (Å²) in [6.07, 6.45) is 0. The van der Waals surface area contributed by atoms with Crippen LogP contribution in [0.5, 0.6) is 0 Å². The fraction of sp³-hybridized carbons (Fsp3) is 0.0909. The molecule has 2 aromatic rings. The molecule has 0 aliphatic rings. The second kappa shape index (κ2) is 5.46. The molecular formula is C11H10ClFN2O2S2. The first-order chi connectivity index (χ1) is 8.94. The van der Waals surface area contributed by atoms with Gasteiger partial charge >= 0.3 is 0 Å². The van der Waals surface area contributed by atoms with Crippen molar-refractivity contribution < 1.29 is 12.8 Å². The Morgan fingerprint density at radius 2 is 2.11 bits per heavy atom. The molecule has 0 amide bonds. The highest BCUT2D eigenvalue weighted by Crippen LogP contribution is 2.25. The number of thiophene rings is 1. The minimum absolute atomic E-state index is 0.0684. The number of rotatable bonds is 4. The first-order valence-corrected chi connectivity index (χ1v) is 7.92. The Bertz CT molecular complexity index is 700. The van der Waals surface area contributed by atoms with Gasteiger partial charge in [-0.2, -0.15) is 0 Å². The third-order valence-electron chi connectivity index (χ3n) is 2.35. The van der Waals surface area contributed by atoms with Gasteiger partial charge in [0, 0.05) is 11.4 Å². The van der Waals surface area contributed by atoms with Crippen LogP contribution in [0.15, 0.2) is 34.5 Å². The Balaban J connectivity index is 2.34. The monoisotopic (exact) mass is 320 g/mol. The molecule has 4 nitrogen and oxygen atoms in total. The van der Waals surface area contributed by atoms with Gasteiger partial charge in [-0.25, -0.2) is 12.8 Å². The second-order valence-electron chi connectivity index (χ2n) is 3.65. The normalized spacial score (nSPS) is 11.5. The van der Waals surface area contributed by atoms with E-state index in [0.29, 0.717) is 4.88 Å². The topological polar surface area (TPSA) is 72.2 Å². The van der Waals surface area contributed by atoms with Gasteiger partial charge in [-0.05, 0) is 29.6 Å². The lowest BCUT2D eigenvalue weighted by atomic mass is 10.3. The van der Waals surface area contributed by atoms with Crippen LogP contribution in [0.3, 0.4) is 0 Å². The molecule has 0 saturated carbocycles. The van der Waals surface area contributed by atoms with Crippen LogP contribution in [-0.2, 0) is 16.6 Å². The number of hydrogen-bond acceptors (Lipinski definition) is 4. The van der Waals surface area contributed by atoms with Gasteiger partial charge in [0.25, 0.3) is 10.0 Å². The Morgan fingerprint density at radius 3 is 2.74 bits per heavy atom. The van der Waals surface area contributed by atoms with Crippen molar-refractivity contribution in [2.75, 3.05) is 4.72 Å². The number of nitrogens with one attached hydrogen (secondary N) is 1.